The van der Waals surface area contributed by atoms with Gasteiger partial charge in [0.05, 0.1) is 0 Å². The van der Waals surface area contributed by atoms with Gasteiger partial charge in [-0.25, -0.2) is 0 Å². The third kappa shape index (κ3) is 2.65. The molecule has 2 nitrogen and oxygen atoms in total. The van der Waals surface area contributed by atoms with E-state index >= 15 is 0 Å². The van der Waals surface area contributed by atoms with E-state index in [-0.39, 0.29) is 0 Å². The summed E-state index contributed by atoms with van der Waals surface area (Å²) in [6, 6.07) is 12.7. The van der Waals surface area contributed by atoms with Gasteiger partial charge in [0.2, 0.25) is 0 Å². The molecule has 0 aromatic heterocycles. The largest absolute Gasteiger partial charge is 0.399 e. The summed E-state index contributed by atoms with van der Waals surface area (Å²) in [6.07, 6.45) is 0. The summed E-state index contributed by atoms with van der Waals surface area (Å²) in [5.74, 6) is 0. The van der Waals surface area contributed by atoms with Crippen molar-refractivity contribution in [2.45, 2.75) is 20.8 Å². The minimum Gasteiger partial charge on any atom is -0.399 e. The van der Waals surface area contributed by atoms with E-state index in [1.54, 1.807) is 0 Å². The van der Waals surface area contributed by atoms with Crippen LogP contribution in [0, 0.1) is 20.8 Å². The standard InChI is InChI=1S/C16H20N2/c1-11-5-12(2)8-15(7-11)18(4)16-9-13(3)6-14(17)10-16/h5-10H,17H2,1-4H3. The monoisotopic (exact) mass is 240 g/mol. The normalized spacial score (nSPS) is 10.4. The SMILES string of the molecule is Cc1cc(C)cc(N(C)c2cc(C)cc(N)c2)c1. The van der Waals surface area contributed by atoms with E-state index < -0.39 is 0 Å². The number of hydrogen-bond acceptors (Lipinski definition) is 2. The second-order valence-electron chi connectivity index (χ2n) is 5.01. The second kappa shape index (κ2) is 4.73. The van der Waals surface area contributed by atoms with Gasteiger partial charge in [0.25, 0.3) is 0 Å². The van der Waals surface area contributed by atoms with Gasteiger partial charge < -0.3 is 10.6 Å². The Morgan fingerprint density at radius 1 is 0.722 bits per heavy atom. The summed E-state index contributed by atoms with van der Waals surface area (Å²) in [5, 5.41) is 0. The molecule has 2 heteroatoms. The van der Waals surface area contributed by atoms with Crippen molar-refractivity contribution in [3.63, 3.8) is 0 Å². The van der Waals surface area contributed by atoms with Crippen LogP contribution in [0.4, 0.5) is 17.1 Å². The molecule has 0 bridgehead atoms. The van der Waals surface area contributed by atoms with Gasteiger partial charge in [-0.15, -0.1) is 0 Å². The molecule has 0 aliphatic carbocycles. The first-order valence-corrected chi connectivity index (χ1v) is 6.15. The van der Waals surface area contributed by atoms with Crippen molar-refractivity contribution in [1.82, 2.24) is 0 Å². The van der Waals surface area contributed by atoms with Crippen LogP contribution in [0.2, 0.25) is 0 Å². The lowest BCUT2D eigenvalue weighted by Gasteiger charge is -2.21. The molecule has 2 N–H and O–H groups in total. The summed E-state index contributed by atoms with van der Waals surface area (Å²) in [4.78, 5) is 2.17. The van der Waals surface area contributed by atoms with Crippen molar-refractivity contribution in [2.75, 3.05) is 17.7 Å². The summed E-state index contributed by atoms with van der Waals surface area (Å²) < 4.78 is 0. The molecule has 0 amide bonds. The smallest absolute Gasteiger partial charge is 0.0431 e. The van der Waals surface area contributed by atoms with Crippen LogP contribution in [-0.4, -0.2) is 7.05 Å². The summed E-state index contributed by atoms with van der Waals surface area (Å²) in [7, 11) is 2.07. The zero-order chi connectivity index (χ0) is 13.3. The van der Waals surface area contributed by atoms with E-state index in [1.807, 2.05) is 12.1 Å². The highest BCUT2D eigenvalue weighted by atomic mass is 15.1. The molecule has 0 atom stereocenters. The quantitative estimate of drug-likeness (QED) is 0.805. The highest BCUT2D eigenvalue weighted by molar-refractivity contribution is 5.67. The fourth-order valence-electron chi connectivity index (χ4n) is 2.28. The molecular formula is C16H20N2. The fraction of sp³-hybridized carbons (Fsp3) is 0.250. The molecule has 94 valence electrons. The highest BCUT2D eigenvalue weighted by Gasteiger charge is 2.06. The lowest BCUT2D eigenvalue weighted by atomic mass is 10.1. The van der Waals surface area contributed by atoms with Crippen molar-refractivity contribution in [2.24, 2.45) is 0 Å². The zero-order valence-electron chi connectivity index (χ0n) is 11.5. The van der Waals surface area contributed by atoms with Gasteiger partial charge in [0, 0.05) is 24.1 Å². The third-order valence-corrected chi connectivity index (χ3v) is 3.07. The average Bonchev–Trinajstić information content (AvgIpc) is 2.25. The van der Waals surface area contributed by atoms with E-state index in [0.29, 0.717) is 0 Å². The van der Waals surface area contributed by atoms with Crippen molar-refractivity contribution in [3.05, 3.63) is 53.1 Å². The van der Waals surface area contributed by atoms with Gasteiger partial charge in [-0.2, -0.15) is 0 Å². The maximum Gasteiger partial charge on any atom is 0.0431 e. The molecule has 0 saturated carbocycles. The van der Waals surface area contributed by atoms with Crippen LogP contribution in [0.5, 0.6) is 0 Å². The van der Waals surface area contributed by atoms with Crippen molar-refractivity contribution >= 4 is 17.1 Å². The van der Waals surface area contributed by atoms with Crippen LogP contribution in [0.1, 0.15) is 16.7 Å². The predicted octanol–water partition coefficient (Wildman–Crippen LogP) is 3.96. The van der Waals surface area contributed by atoms with E-state index in [2.05, 4.69) is 57.0 Å². The van der Waals surface area contributed by atoms with E-state index in [1.165, 1.54) is 22.4 Å². The number of nitrogens with two attached hydrogens (primary N) is 1. The van der Waals surface area contributed by atoms with Crippen LogP contribution in [0.15, 0.2) is 36.4 Å². The van der Waals surface area contributed by atoms with Crippen LogP contribution in [0.25, 0.3) is 0 Å². The Hall–Kier alpha value is -1.96. The summed E-state index contributed by atoms with van der Waals surface area (Å²) in [5.41, 5.74) is 12.8. The molecule has 0 aliphatic heterocycles. The van der Waals surface area contributed by atoms with E-state index in [4.69, 9.17) is 5.73 Å². The zero-order valence-corrected chi connectivity index (χ0v) is 11.5. The highest BCUT2D eigenvalue weighted by Crippen LogP contribution is 2.27. The Morgan fingerprint density at radius 2 is 1.17 bits per heavy atom. The van der Waals surface area contributed by atoms with Crippen molar-refractivity contribution < 1.29 is 0 Å². The first-order chi connectivity index (χ1) is 8.45. The van der Waals surface area contributed by atoms with Crippen LogP contribution in [-0.2, 0) is 0 Å². The minimum atomic E-state index is 0.807. The average molecular weight is 240 g/mol. The molecule has 0 heterocycles. The Morgan fingerprint density at radius 3 is 1.67 bits per heavy atom. The van der Waals surface area contributed by atoms with Gasteiger partial charge in [-0.05, 0) is 67.8 Å². The number of rotatable bonds is 2. The third-order valence-electron chi connectivity index (χ3n) is 3.07. The Balaban J connectivity index is 2.43. The van der Waals surface area contributed by atoms with Gasteiger partial charge in [-0.3, -0.25) is 0 Å². The molecule has 0 unspecified atom stereocenters. The number of nitrogen functional groups attached to an aromatic ring is 1. The molecule has 2 aromatic carbocycles. The van der Waals surface area contributed by atoms with Gasteiger partial charge in [-0.1, -0.05) is 6.07 Å². The summed E-state index contributed by atoms with van der Waals surface area (Å²) in [6.45, 7) is 6.30. The molecule has 0 radical (unpaired) electrons. The molecule has 0 aliphatic rings. The molecule has 2 rings (SSSR count). The maximum atomic E-state index is 5.91. The van der Waals surface area contributed by atoms with E-state index in [9.17, 15) is 0 Å². The maximum absolute atomic E-state index is 5.91. The summed E-state index contributed by atoms with van der Waals surface area (Å²) >= 11 is 0. The van der Waals surface area contributed by atoms with Crippen LogP contribution < -0.4 is 10.6 Å². The number of aryl methyl sites for hydroxylation is 3. The first-order valence-electron chi connectivity index (χ1n) is 6.15. The number of benzene rings is 2. The minimum absolute atomic E-state index is 0.807. The molecule has 0 fully saturated rings. The van der Waals surface area contributed by atoms with Crippen molar-refractivity contribution in [1.29, 1.82) is 0 Å². The van der Waals surface area contributed by atoms with Crippen molar-refractivity contribution in [3.8, 4) is 0 Å². The Kier molecular flexibility index (Phi) is 3.28. The van der Waals surface area contributed by atoms with Gasteiger partial charge in [0.15, 0.2) is 0 Å². The van der Waals surface area contributed by atoms with Crippen LogP contribution >= 0.6 is 0 Å². The van der Waals surface area contributed by atoms with Gasteiger partial charge in [0.1, 0.15) is 0 Å². The van der Waals surface area contributed by atoms with Crippen LogP contribution in [0.3, 0.4) is 0 Å². The molecule has 0 spiro atoms. The predicted molar refractivity (Wildman–Crippen MR) is 79.6 cm³/mol. The second-order valence-corrected chi connectivity index (χ2v) is 5.01. The first kappa shape index (κ1) is 12.5. The fourth-order valence-corrected chi connectivity index (χ4v) is 2.28. The molecule has 18 heavy (non-hydrogen) atoms. The number of anilines is 3. The Labute approximate surface area is 109 Å². The topological polar surface area (TPSA) is 29.3 Å². The molecule has 2 aromatic rings. The molecule has 0 saturated heterocycles. The van der Waals surface area contributed by atoms with Gasteiger partial charge >= 0.3 is 0 Å². The number of nitrogens with zero attached hydrogens (tertiary/aromatic N) is 1. The lowest BCUT2D eigenvalue weighted by molar-refractivity contribution is 1.19. The molecular weight excluding hydrogens is 220 g/mol. The van der Waals surface area contributed by atoms with E-state index in [0.717, 1.165) is 11.4 Å². The number of hydrogen-bond donors (Lipinski definition) is 1. The lowest BCUT2D eigenvalue weighted by Crippen LogP contribution is -2.10. The Bertz CT molecular complexity index is 481.